The summed E-state index contributed by atoms with van der Waals surface area (Å²) in [4.78, 5) is 24.7. The lowest BCUT2D eigenvalue weighted by Gasteiger charge is -2.18. The van der Waals surface area contributed by atoms with Crippen LogP contribution in [0.3, 0.4) is 0 Å². The molecule has 3 nitrogen and oxygen atoms in total. The molecule has 37 heavy (non-hydrogen) atoms. The number of halogens is 10. The molecule has 2 aromatic carbocycles. The number of ketones is 1. The lowest BCUT2D eigenvalue weighted by molar-refractivity contribution is -0.140. The van der Waals surface area contributed by atoms with Crippen molar-refractivity contribution in [3.05, 3.63) is 72.6 Å². The third-order valence-electron chi connectivity index (χ3n) is 5.25. The lowest BCUT2D eigenvalue weighted by atomic mass is 9.94. The third-order valence-corrected chi connectivity index (χ3v) is 7.10. The fourth-order valence-electron chi connectivity index (χ4n) is 3.32. The van der Waals surface area contributed by atoms with Gasteiger partial charge in [-0.2, -0.15) is 26.3 Å². The Morgan fingerprint density at radius 3 is 2.11 bits per heavy atom. The molecule has 1 N–H and O–H groups in total. The molecule has 1 amide bonds. The Bertz CT molecular complexity index is 1160. The molecule has 0 radical (unpaired) electrons. The molecule has 2 aromatic rings. The minimum absolute atomic E-state index is 0.0654. The summed E-state index contributed by atoms with van der Waals surface area (Å²) in [6.07, 6.45) is -7.37. The van der Waals surface area contributed by atoms with E-state index in [9.17, 15) is 35.9 Å². The van der Waals surface area contributed by atoms with E-state index < -0.39 is 42.4 Å². The molecule has 202 valence electrons. The zero-order valence-corrected chi connectivity index (χ0v) is 22.8. The van der Waals surface area contributed by atoms with Gasteiger partial charge in [0.1, 0.15) is 6.54 Å². The van der Waals surface area contributed by atoms with Gasteiger partial charge in [-0.3, -0.25) is 9.59 Å². The van der Waals surface area contributed by atoms with Gasteiger partial charge in [0.25, 0.3) is 0 Å². The number of amides is 1. The quantitative estimate of drug-likeness (QED) is 0.167. The van der Waals surface area contributed by atoms with Gasteiger partial charge in [0.2, 0.25) is 5.91 Å². The van der Waals surface area contributed by atoms with Crippen LogP contribution in [0, 0.1) is 5.92 Å². The van der Waals surface area contributed by atoms with E-state index in [-0.39, 0.29) is 43.5 Å². The molecule has 2 unspecified atom stereocenters. The van der Waals surface area contributed by atoms with Crippen LogP contribution in [0.4, 0.5) is 26.3 Å². The molecule has 13 heteroatoms. The average molecular weight is 654 g/mol. The number of rotatable bonds is 9. The molecule has 2 rings (SSSR count). The predicted octanol–water partition coefficient (Wildman–Crippen LogP) is 9.05. The van der Waals surface area contributed by atoms with Gasteiger partial charge >= 0.3 is 12.4 Å². The summed E-state index contributed by atoms with van der Waals surface area (Å²) in [5.41, 5.74) is 0.227. The van der Waals surface area contributed by atoms with Crippen molar-refractivity contribution in [1.29, 1.82) is 0 Å². The molecule has 0 aromatic heterocycles. The summed E-state index contributed by atoms with van der Waals surface area (Å²) in [6, 6.07) is 6.30. The van der Waals surface area contributed by atoms with Crippen molar-refractivity contribution in [1.82, 2.24) is 5.32 Å². The maximum atomic E-state index is 13.7. The SMILES string of the molecule is CCC(CC(=O)c1ccc(/C=C/C(c2cc(Cl)c(Cl)c(Cl)c2)C(F)(F)F)cc1Br)C(=O)NCC(F)(F)F. The van der Waals surface area contributed by atoms with Crippen LogP contribution in [0.5, 0.6) is 0 Å². The van der Waals surface area contributed by atoms with Crippen molar-refractivity contribution in [2.45, 2.75) is 38.0 Å². The van der Waals surface area contributed by atoms with E-state index in [4.69, 9.17) is 34.8 Å². The summed E-state index contributed by atoms with van der Waals surface area (Å²) in [5, 5.41) is 1.44. The highest BCUT2D eigenvalue weighted by Gasteiger charge is 2.39. The second kappa shape index (κ2) is 12.9. The number of carbonyl (C=O) groups excluding carboxylic acids is 2. The van der Waals surface area contributed by atoms with Gasteiger partial charge < -0.3 is 5.32 Å². The van der Waals surface area contributed by atoms with Crippen molar-refractivity contribution in [2.24, 2.45) is 5.92 Å². The first-order valence-electron chi connectivity index (χ1n) is 10.6. The highest BCUT2D eigenvalue weighted by Crippen LogP contribution is 2.41. The fraction of sp³-hybridized carbons (Fsp3) is 0.333. The molecule has 0 aliphatic carbocycles. The largest absolute Gasteiger partial charge is 0.405 e. The van der Waals surface area contributed by atoms with E-state index in [1.54, 1.807) is 12.2 Å². The fourth-order valence-corrected chi connectivity index (χ4v) is 4.55. The van der Waals surface area contributed by atoms with Crippen molar-refractivity contribution >= 4 is 68.5 Å². The summed E-state index contributed by atoms with van der Waals surface area (Å²) in [6.45, 7) is 0.0563. The van der Waals surface area contributed by atoms with Gasteiger partial charge in [0, 0.05) is 22.4 Å². The Morgan fingerprint density at radius 2 is 1.62 bits per heavy atom. The van der Waals surface area contributed by atoms with Crippen molar-refractivity contribution < 1.29 is 35.9 Å². The monoisotopic (exact) mass is 651 g/mol. The Morgan fingerprint density at radius 1 is 1.03 bits per heavy atom. The molecule has 0 bridgehead atoms. The van der Waals surface area contributed by atoms with E-state index in [2.05, 4.69) is 15.9 Å². The summed E-state index contributed by atoms with van der Waals surface area (Å²) >= 11 is 20.8. The normalized spacial score (nSPS) is 14.0. The van der Waals surface area contributed by atoms with Crippen molar-refractivity contribution in [3.63, 3.8) is 0 Å². The van der Waals surface area contributed by atoms with E-state index in [1.165, 1.54) is 24.3 Å². The first-order valence-corrected chi connectivity index (χ1v) is 12.5. The minimum atomic E-state index is -4.67. The number of Topliss-reactive ketones (excluding diaryl/α,β-unsaturated/α-hetero) is 1. The molecule has 2 atom stereocenters. The first-order chi connectivity index (χ1) is 17.0. The van der Waals surface area contributed by atoms with Gasteiger partial charge in [-0.15, -0.1) is 0 Å². The number of allylic oxidation sites excluding steroid dienone is 1. The van der Waals surface area contributed by atoms with Gasteiger partial charge in [-0.1, -0.05) is 75.9 Å². The molecular formula is C24H19BrCl3F6NO2. The van der Waals surface area contributed by atoms with Gasteiger partial charge in [0.05, 0.1) is 21.0 Å². The second-order valence-corrected chi connectivity index (χ2v) is 10.0. The molecule has 0 heterocycles. The van der Waals surface area contributed by atoms with Gasteiger partial charge in [0.15, 0.2) is 5.78 Å². The first kappa shape index (κ1) is 31.5. The van der Waals surface area contributed by atoms with Crippen LogP contribution in [0.25, 0.3) is 6.08 Å². The zero-order chi connectivity index (χ0) is 28.1. The topological polar surface area (TPSA) is 46.2 Å². The van der Waals surface area contributed by atoms with Crippen molar-refractivity contribution in [2.75, 3.05) is 6.54 Å². The Labute approximate surface area is 232 Å². The van der Waals surface area contributed by atoms with Gasteiger partial charge in [-0.25, -0.2) is 0 Å². The Hall–Kier alpha value is -1.75. The predicted molar refractivity (Wildman–Crippen MR) is 135 cm³/mol. The standard InChI is InChI=1S/C24H19BrCl3F6NO2/c1-2-13(22(37)35-11-23(29,30)31)10-20(36)15-5-3-12(7-17(15)25)4-6-16(24(32,33)34)14-8-18(26)21(28)19(27)9-14/h3-9,13,16H,2,10-11H2,1H3,(H,35,37)/b6-4+. The van der Waals surface area contributed by atoms with Crippen LogP contribution < -0.4 is 5.32 Å². The van der Waals surface area contributed by atoms with Crippen LogP contribution in [0.1, 0.15) is 47.2 Å². The van der Waals surface area contributed by atoms with E-state index in [0.717, 1.165) is 18.2 Å². The minimum Gasteiger partial charge on any atom is -0.347 e. The number of carbonyl (C=O) groups is 2. The molecule has 0 saturated heterocycles. The number of alkyl halides is 6. The van der Waals surface area contributed by atoms with Crippen LogP contribution in [0.2, 0.25) is 15.1 Å². The molecule has 0 saturated carbocycles. The maximum absolute atomic E-state index is 13.7. The number of benzene rings is 2. The number of nitrogens with one attached hydrogen (secondary N) is 1. The van der Waals surface area contributed by atoms with Crippen LogP contribution in [-0.4, -0.2) is 30.6 Å². The summed E-state index contributed by atoms with van der Waals surface area (Å²) < 4.78 is 78.5. The van der Waals surface area contributed by atoms with Crippen LogP contribution in [0.15, 0.2) is 40.9 Å². The van der Waals surface area contributed by atoms with Crippen LogP contribution in [-0.2, 0) is 4.79 Å². The molecule has 0 spiro atoms. The molecule has 0 aliphatic rings. The summed E-state index contributed by atoms with van der Waals surface area (Å²) in [5.74, 6) is -4.45. The van der Waals surface area contributed by atoms with E-state index in [1.807, 2.05) is 0 Å². The average Bonchev–Trinajstić information content (AvgIpc) is 2.78. The molecular weight excluding hydrogens is 635 g/mol. The smallest absolute Gasteiger partial charge is 0.347 e. The number of hydrogen-bond donors (Lipinski definition) is 1. The highest BCUT2D eigenvalue weighted by molar-refractivity contribution is 9.10. The second-order valence-electron chi connectivity index (χ2n) is 7.98. The van der Waals surface area contributed by atoms with Crippen LogP contribution >= 0.6 is 50.7 Å². The zero-order valence-electron chi connectivity index (χ0n) is 18.9. The van der Waals surface area contributed by atoms with E-state index >= 15 is 0 Å². The molecule has 0 fully saturated rings. The molecule has 0 aliphatic heterocycles. The van der Waals surface area contributed by atoms with E-state index in [0.29, 0.717) is 5.56 Å². The lowest BCUT2D eigenvalue weighted by Crippen LogP contribution is -2.38. The van der Waals surface area contributed by atoms with Gasteiger partial charge in [-0.05, 0) is 41.8 Å². The Balaban J connectivity index is 2.22. The third kappa shape index (κ3) is 9.19. The summed E-state index contributed by atoms with van der Waals surface area (Å²) in [7, 11) is 0. The van der Waals surface area contributed by atoms with Crippen molar-refractivity contribution in [3.8, 4) is 0 Å². The maximum Gasteiger partial charge on any atom is 0.405 e. The number of hydrogen-bond acceptors (Lipinski definition) is 2. The Kier molecular flexibility index (Phi) is 10.9. The highest BCUT2D eigenvalue weighted by atomic mass is 79.9.